The Morgan fingerprint density at radius 3 is 2.56 bits per heavy atom. The second-order valence-electron chi connectivity index (χ2n) is 4.03. The highest BCUT2D eigenvalue weighted by Gasteiger charge is 2.22. The number of carboxylic acids is 1. The number of carbonyl (C=O) groups is 1. The summed E-state index contributed by atoms with van der Waals surface area (Å²) in [5, 5.41) is 9.20. The monoisotopic (exact) mass is 247 g/mol. The van der Waals surface area contributed by atoms with E-state index in [0.717, 1.165) is 11.3 Å². The molecule has 0 radical (unpaired) electrons. The number of rotatable bonds is 6. The number of hydrogen-bond acceptors (Lipinski definition) is 3. The van der Waals surface area contributed by atoms with Crippen molar-refractivity contribution in [1.82, 2.24) is 4.90 Å². The molecule has 1 aromatic carbocycles. The number of ether oxygens (including phenoxy) is 1. The molecule has 1 aromatic rings. The lowest BCUT2D eigenvalue weighted by Crippen LogP contribution is -2.40. The summed E-state index contributed by atoms with van der Waals surface area (Å²) < 4.78 is 5.05. The lowest BCUT2D eigenvalue weighted by molar-refractivity contribution is -0.142. The molecular formula is C14H17NO3. The molecular weight excluding hydrogens is 230 g/mol. The van der Waals surface area contributed by atoms with Gasteiger partial charge in [-0.3, -0.25) is 9.69 Å². The highest BCUT2D eigenvalue weighted by atomic mass is 16.5. The Balaban J connectivity index is 2.77. The highest BCUT2D eigenvalue weighted by Crippen LogP contribution is 2.14. The van der Waals surface area contributed by atoms with Crippen molar-refractivity contribution in [3.63, 3.8) is 0 Å². The van der Waals surface area contributed by atoms with Crippen molar-refractivity contribution in [1.29, 1.82) is 0 Å². The topological polar surface area (TPSA) is 49.8 Å². The van der Waals surface area contributed by atoms with Crippen molar-refractivity contribution in [2.24, 2.45) is 0 Å². The first kappa shape index (κ1) is 14.1. The zero-order chi connectivity index (χ0) is 13.5. The standard InChI is InChI=1S/C14H17NO3/c1-4-9-15(2)13(14(16)17)10-11-5-7-12(18-3)8-6-11/h1,5-8,13H,9-10H2,2-3H3,(H,16,17)/t13-/m0/s1. The van der Waals surface area contributed by atoms with Crippen LogP contribution in [0.25, 0.3) is 0 Å². The van der Waals surface area contributed by atoms with Gasteiger partial charge in [0.2, 0.25) is 0 Å². The van der Waals surface area contributed by atoms with Crippen molar-refractivity contribution in [2.45, 2.75) is 12.5 Å². The zero-order valence-corrected chi connectivity index (χ0v) is 10.6. The number of nitrogens with zero attached hydrogens (tertiary/aromatic N) is 1. The maximum atomic E-state index is 11.2. The maximum Gasteiger partial charge on any atom is 0.321 e. The van der Waals surface area contributed by atoms with Gasteiger partial charge in [0, 0.05) is 0 Å². The van der Waals surface area contributed by atoms with E-state index in [1.54, 1.807) is 19.1 Å². The van der Waals surface area contributed by atoms with Gasteiger partial charge in [0.05, 0.1) is 13.7 Å². The highest BCUT2D eigenvalue weighted by molar-refractivity contribution is 5.74. The molecule has 0 saturated carbocycles. The molecule has 96 valence electrons. The molecule has 0 heterocycles. The quantitative estimate of drug-likeness (QED) is 0.769. The Hall–Kier alpha value is -1.99. The average Bonchev–Trinajstić information content (AvgIpc) is 2.36. The molecule has 4 nitrogen and oxygen atoms in total. The minimum Gasteiger partial charge on any atom is -0.497 e. The van der Waals surface area contributed by atoms with Crippen LogP contribution in [0.1, 0.15) is 5.56 Å². The van der Waals surface area contributed by atoms with E-state index in [9.17, 15) is 9.90 Å². The molecule has 0 aliphatic heterocycles. The van der Waals surface area contributed by atoms with E-state index in [0.29, 0.717) is 13.0 Å². The summed E-state index contributed by atoms with van der Waals surface area (Å²) in [6, 6.07) is 6.73. The Morgan fingerprint density at radius 1 is 1.50 bits per heavy atom. The molecule has 0 aliphatic carbocycles. The van der Waals surface area contributed by atoms with Crippen LogP contribution in [-0.4, -0.2) is 42.7 Å². The average molecular weight is 247 g/mol. The molecule has 1 N–H and O–H groups in total. The van der Waals surface area contributed by atoms with Gasteiger partial charge in [-0.1, -0.05) is 18.1 Å². The van der Waals surface area contributed by atoms with Crippen molar-refractivity contribution in [2.75, 3.05) is 20.7 Å². The van der Waals surface area contributed by atoms with Crippen molar-refractivity contribution in [3.8, 4) is 18.1 Å². The summed E-state index contributed by atoms with van der Waals surface area (Å²) >= 11 is 0. The lowest BCUT2D eigenvalue weighted by Gasteiger charge is -2.22. The summed E-state index contributed by atoms with van der Waals surface area (Å²) in [6.07, 6.45) is 5.61. The van der Waals surface area contributed by atoms with Gasteiger partial charge in [-0.2, -0.15) is 0 Å². The van der Waals surface area contributed by atoms with Crippen molar-refractivity contribution >= 4 is 5.97 Å². The van der Waals surface area contributed by atoms with Crippen molar-refractivity contribution in [3.05, 3.63) is 29.8 Å². The molecule has 0 aromatic heterocycles. The van der Waals surface area contributed by atoms with Gasteiger partial charge in [-0.05, 0) is 31.2 Å². The number of hydrogen-bond donors (Lipinski definition) is 1. The summed E-state index contributed by atoms with van der Waals surface area (Å²) in [5.41, 5.74) is 0.937. The fourth-order valence-corrected chi connectivity index (χ4v) is 1.67. The van der Waals surface area contributed by atoms with Gasteiger partial charge in [-0.25, -0.2) is 0 Å². The Morgan fingerprint density at radius 2 is 2.11 bits per heavy atom. The minimum atomic E-state index is -0.872. The Labute approximate surface area is 107 Å². The van der Waals surface area contributed by atoms with Gasteiger partial charge in [0.15, 0.2) is 0 Å². The van der Waals surface area contributed by atoms with Gasteiger partial charge < -0.3 is 9.84 Å². The Bertz CT molecular complexity index is 433. The molecule has 0 fully saturated rings. The van der Waals surface area contributed by atoms with Crippen LogP contribution in [0.4, 0.5) is 0 Å². The van der Waals surface area contributed by atoms with Gasteiger partial charge in [0.25, 0.3) is 0 Å². The number of terminal acetylenes is 1. The molecule has 18 heavy (non-hydrogen) atoms. The van der Waals surface area contributed by atoms with Gasteiger partial charge in [-0.15, -0.1) is 6.42 Å². The summed E-state index contributed by atoms with van der Waals surface area (Å²) in [6.45, 7) is 0.313. The smallest absolute Gasteiger partial charge is 0.321 e. The van der Waals surface area contributed by atoms with Crippen LogP contribution >= 0.6 is 0 Å². The SMILES string of the molecule is C#CCN(C)[C@@H](Cc1ccc(OC)cc1)C(=O)O. The van der Waals surface area contributed by atoms with Gasteiger partial charge >= 0.3 is 5.97 Å². The fraction of sp³-hybridized carbons (Fsp3) is 0.357. The van der Waals surface area contributed by atoms with E-state index in [1.165, 1.54) is 0 Å². The van der Waals surface area contributed by atoms with E-state index in [-0.39, 0.29) is 0 Å². The van der Waals surface area contributed by atoms with E-state index in [1.807, 2.05) is 24.3 Å². The predicted molar refractivity (Wildman–Crippen MR) is 69.6 cm³/mol. The lowest BCUT2D eigenvalue weighted by atomic mass is 10.0. The molecule has 1 rings (SSSR count). The zero-order valence-electron chi connectivity index (χ0n) is 10.6. The first-order chi connectivity index (χ1) is 8.58. The Kier molecular flexibility index (Phi) is 5.22. The fourth-order valence-electron chi connectivity index (χ4n) is 1.67. The molecule has 0 aliphatic rings. The van der Waals surface area contributed by atoms with Crippen LogP contribution in [0.5, 0.6) is 5.75 Å². The molecule has 0 bridgehead atoms. The second-order valence-corrected chi connectivity index (χ2v) is 4.03. The predicted octanol–water partition coefficient (Wildman–Crippen LogP) is 1.26. The minimum absolute atomic E-state index is 0.313. The largest absolute Gasteiger partial charge is 0.497 e. The van der Waals surface area contributed by atoms with E-state index < -0.39 is 12.0 Å². The van der Waals surface area contributed by atoms with Gasteiger partial charge in [0.1, 0.15) is 11.8 Å². The number of likely N-dealkylation sites (N-methyl/N-ethyl adjacent to an activating group) is 1. The first-order valence-electron chi connectivity index (χ1n) is 5.58. The summed E-state index contributed by atoms with van der Waals surface area (Å²) in [5.74, 6) is 2.33. The van der Waals surface area contributed by atoms with Crippen LogP contribution in [0.2, 0.25) is 0 Å². The van der Waals surface area contributed by atoms with Crippen LogP contribution in [0.3, 0.4) is 0 Å². The van der Waals surface area contributed by atoms with E-state index in [4.69, 9.17) is 11.2 Å². The third-order valence-corrected chi connectivity index (χ3v) is 2.75. The number of benzene rings is 1. The molecule has 0 saturated heterocycles. The molecule has 4 heteroatoms. The molecule has 0 unspecified atom stereocenters. The molecule has 0 amide bonds. The van der Waals surface area contributed by atoms with Crippen LogP contribution < -0.4 is 4.74 Å². The van der Waals surface area contributed by atoms with Crippen LogP contribution in [-0.2, 0) is 11.2 Å². The normalized spacial score (nSPS) is 11.9. The number of carboxylic acid groups (broad SMARTS) is 1. The number of aliphatic carboxylic acids is 1. The van der Waals surface area contributed by atoms with Crippen molar-refractivity contribution < 1.29 is 14.6 Å². The molecule has 0 spiro atoms. The third-order valence-electron chi connectivity index (χ3n) is 2.75. The van der Waals surface area contributed by atoms with E-state index in [2.05, 4.69) is 5.92 Å². The third kappa shape index (κ3) is 3.79. The second kappa shape index (κ2) is 6.67. The summed E-state index contributed by atoms with van der Waals surface area (Å²) in [7, 11) is 3.30. The van der Waals surface area contributed by atoms with E-state index >= 15 is 0 Å². The molecule has 1 atom stereocenters. The van der Waals surface area contributed by atoms with Crippen LogP contribution in [0, 0.1) is 12.3 Å². The summed E-state index contributed by atoms with van der Waals surface area (Å²) in [4.78, 5) is 12.9. The maximum absolute atomic E-state index is 11.2. The number of methoxy groups -OCH3 is 1. The van der Waals surface area contributed by atoms with Crippen LogP contribution in [0.15, 0.2) is 24.3 Å². The first-order valence-corrected chi connectivity index (χ1v) is 5.58.